The van der Waals surface area contributed by atoms with E-state index in [0.717, 1.165) is 36.9 Å². The fraction of sp³-hybridized carbons (Fsp3) is 0.412. The molecule has 1 aliphatic heterocycles. The number of hydrogen-bond acceptors (Lipinski definition) is 4. The Morgan fingerprint density at radius 3 is 2.50 bits per heavy atom. The zero-order chi connectivity index (χ0) is 15.6. The van der Waals surface area contributed by atoms with Crippen molar-refractivity contribution in [3.05, 3.63) is 46.8 Å². The molecule has 0 unspecified atom stereocenters. The Morgan fingerprint density at radius 1 is 1.14 bits per heavy atom. The number of pyridine rings is 1. The quantitative estimate of drug-likeness (QED) is 0.874. The van der Waals surface area contributed by atoms with Crippen LogP contribution in [0.2, 0.25) is 0 Å². The molecule has 3 rings (SSSR count). The second-order valence-corrected chi connectivity index (χ2v) is 7.02. The Hall–Kier alpha value is -1.88. The number of aromatic nitrogens is 1. The van der Waals surface area contributed by atoms with Crippen molar-refractivity contribution in [2.75, 3.05) is 31.1 Å². The third kappa shape index (κ3) is 2.86. The molecule has 0 radical (unpaired) electrons. The van der Waals surface area contributed by atoms with Gasteiger partial charge >= 0.3 is 0 Å². The molecule has 1 amide bonds. The molecule has 0 N–H and O–H groups in total. The summed E-state index contributed by atoms with van der Waals surface area (Å²) in [5.41, 5.74) is -0.443. The van der Waals surface area contributed by atoms with Crippen molar-refractivity contribution in [2.45, 2.75) is 19.3 Å². The molecular formula is C17H21N3OS. The molecule has 5 heteroatoms. The predicted octanol–water partition coefficient (Wildman–Crippen LogP) is 2.77. The number of nitrogens with zero attached hydrogens (tertiary/aromatic N) is 3. The van der Waals surface area contributed by atoms with Crippen LogP contribution < -0.4 is 4.90 Å². The van der Waals surface area contributed by atoms with E-state index in [1.165, 1.54) is 0 Å². The van der Waals surface area contributed by atoms with E-state index < -0.39 is 5.41 Å². The normalized spacial score (nSPS) is 15.9. The number of piperazine rings is 1. The largest absolute Gasteiger partial charge is 0.353 e. The lowest BCUT2D eigenvalue weighted by molar-refractivity contribution is -0.136. The first-order chi connectivity index (χ1) is 10.6. The van der Waals surface area contributed by atoms with Crippen LogP contribution >= 0.6 is 11.3 Å². The van der Waals surface area contributed by atoms with Crippen LogP contribution in [0.1, 0.15) is 18.7 Å². The molecule has 1 saturated heterocycles. The van der Waals surface area contributed by atoms with E-state index in [4.69, 9.17) is 0 Å². The summed E-state index contributed by atoms with van der Waals surface area (Å²) in [4.78, 5) is 22.6. The summed E-state index contributed by atoms with van der Waals surface area (Å²) in [5.74, 6) is 1.21. The second-order valence-electron chi connectivity index (χ2n) is 6.07. The topological polar surface area (TPSA) is 36.4 Å². The van der Waals surface area contributed by atoms with Gasteiger partial charge in [-0.25, -0.2) is 4.98 Å². The molecule has 2 aromatic rings. The summed E-state index contributed by atoms with van der Waals surface area (Å²) in [6.07, 6.45) is 1.81. The van der Waals surface area contributed by atoms with Crippen molar-refractivity contribution in [3.8, 4) is 0 Å². The van der Waals surface area contributed by atoms with Gasteiger partial charge in [-0.1, -0.05) is 12.1 Å². The molecule has 0 bridgehead atoms. The van der Waals surface area contributed by atoms with Crippen LogP contribution in [-0.2, 0) is 10.2 Å². The van der Waals surface area contributed by atoms with E-state index >= 15 is 0 Å². The first-order valence-corrected chi connectivity index (χ1v) is 8.46. The molecule has 0 aliphatic carbocycles. The molecule has 0 atom stereocenters. The maximum absolute atomic E-state index is 12.9. The highest BCUT2D eigenvalue weighted by atomic mass is 32.1. The van der Waals surface area contributed by atoms with Gasteiger partial charge in [-0.3, -0.25) is 4.79 Å². The Balaban J connectivity index is 1.65. The monoisotopic (exact) mass is 315 g/mol. The Morgan fingerprint density at radius 2 is 1.91 bits per heavy atom. The zero-order valence-electron chi connectivity index (χ0n) is 13.0. The third-order valence-corrected chi connectivity index (χ3v) is 5.41. The van der Waals surface area contributed by atoms with Crippen LogP contribution in [0.15, 0.2) is 41.9 Å². The average Bonchev–Trinajstić information content (AvgIpc) is 3.10. The first-order valence-electron chi connectivity index (χ1n) is 7.58. The summed E-state index contributed by atoms with van der Waals surface area (Å²) >= 11 is 1.65. The standard InChI is InChI=1S/C17H21N3OS/c1-17(2,14-6-5-13-22-14)16(21)20-11-9-19(10-12-20)15-7-3-4-8-18-15/h3-8,13H,9-12H2,1-2H3. The van der Waals surface area contributed by atoms with E-state index in [-0.39, 0.29) is 5.91 Å². The summed E-state index contributed by atoms with van der Waals surface area (Å²) in [7, 11) is 0. The molecule has 0 spiro atoms. The van der Waals surface area contributed by atoms with Gasteiger partial charge in [-0.15, -0.1) is 11.3 Å². The number of carbonyl (C=O) groups excluding carboxylic acids is 1. The molecule has 116 valence electrons. The molecule has 1 aliphatic rings. The molecule has 22 heavy (non-hydrogen) atoms. The average molecular weight is 315 g/mol. The van der Waals surface area contributed by atoms with E-state index in [1.807, 2.05) is 60.7 Å². The number of thiophene rings is 1. The fourth-order valence-corrected chi connectivity index (χ4v) is 3.66. The van der Waals surface area contributed by atoms with Crippen LogP contribution in [0, 0.1) is 0 Å². The predicted molar refractivity (Wildman–Crippen MR) is 90.4 cm³/mol. The van der Waals surface area contributed by atoms with Crippen LogP contribution in [0.25, 0.3) is 0 Å². The Bertz CT molecular complexity index is 617. The minimum absolute atomic E-state index is 0.218. The number of rotatable bonds is 3. The van der Waals surface area contributed by atoms with Gasteiger partial charge in [0.1, 0.15) is 5.82 Å². The van der Waals surface area contributed by atoms with Gasteiger partial charge < -0.3 is 9.80 Å². The molecule has 0 aromatic carbocycles. The second kappa shape index (κ2) is 6.08. The van der Waals surface area contributed by atoms with Crippen molar-refractivity contribution >= 4 is 23.1 Å². The molecule has 0 saturated carbocycles. The van der Waals surface area contributed by atoms with Crippen LogP contribution in [0.3, 0.4) is 0 Å². The SMILES string of the molecule is CC(C)(C(=O)N1CCN(c2ccccn2)CC1)c1cccs1. The molecule has 4 nitrogen and oxygen atoms in total. The van der Waals surface area contributed by atoms with E-state index in [9.17, 15) is 4.79 Å². The number of carbonyl (C=O) groups is 1. The van der Waals surface area contributed by atoms with Crippen molar-refractivity contribution in [2.24, 2.45) is 0 Å². The fourth-order valence-electron chi connectivity index (χ4n) is 2.81. The Kier molecular flexibility index (Phi) is 4.16. The molecule has 3 heterocycles. The lowest BCUT2D eigenvalue weighted by Gasteiger charge is -2.38. The highest BCUT2D eigenvalue weighted by molar-refractivity contribution is 7.10. The van der Waals surface area contributed by atoms with Crippen molar-refractivity contribution in [3.63, 3.8) is 0 Å². The van der Waals surface area contributed by atoms with Gasteiger partial charge in [-0.05, 0) is 37.4 Å². The zero-order valence-corrected chi connectivity index (χ0v) is 13.8. The van der Waals surface area contributed by atoms with Crippen molar-refractivity contribution in [1.29, 1.82) is 0 Å². The highest BCUT2D eigenvalue weighted by Crippen LogP contribution is 2.30. The van der Waals surface area contributed by atoms with Gasteiger partial charge in [0, 0.05) is 37.3 Å². The number of anilines is 1. The summed E-state index contributed by atoms with van der Waals surface area (Å²) < 4.78 is 0. The molecule has 1 fully saturated rings. The Labute approximate surface area is 135 Å². The van der Waals surface area contributed by atoms with Gasteiger partial charge in [0.15, 0.2) is 0 Å². The maximum Gasteiger partial charge on any atom is 0.233 e. The van der Waals surface area contributed by atoms with Crippen LogP contribution in [0.5, 0.6) is 0 Å². The molecule has 2 aromatic heterocycles. The number of amides is 1. The van der Waals surface area contributed by atoms with Crippen LogP contribution in [-0.4, -0.2) is 42.0 Å². The first kappa shape index (κ1) is 15.0. The van der Waals surface area contributed by atoms with Crippen molar-refractivity contribution < 1.29 is 4.79 Å². The number of hydrogen-bond donors (Lipinski definition) is 0. The third-order valence-electron chi connectivity index (χ3n) is 4.21. The lowest BCUT2D eigenvalue weighted by atomic mass is 9.89. The van der Waals surface area contributed by atoms with Gasteiger partial charge in [0.2, 0.25) is 5.91 Å². The maximum atomic E-state index is 12.9. The molecular weight excluding hydrogens is 294 g/mol. The van der Waals surface area contributed by atoms with Gasteiger partial charge in [-0.2, -0.15) is 0 Å². The van der Waals surface area contributed by atoms with E-state index in [2.05, 4.69) is 9.88 Å². The van der Waals surface area contributed by atoms with Gasteiger partial charge in [0.05, 0.1) is 5.41 Å². The minimum atomic E-state index is -0.443. The highest BCUT2D eigenvalue weighted by Gasteiger charge is 2.35. The van der Waals surface area contributed by atoms with Crippen LogP contribution in [0.4, 0.5) is 5.82 Å². The van der Waals surface area contributed by atoms with Gasteiger partial charge in [0.25, 0.3) is 0 Å². The minimum Gasteiger partial charge on any atom is -0.353 e. The summed E-state index contributed by atoms with van der Waals surface area (Å²) in [6.45, 7) is 7.22. The van der Waals surface area contributed by atoms with E-state index in [1.54, 1.807) is 11.3 Å². The lowest BCUT2D eigenvalue weighted by Crippen LogP contribution is -2.53. The van der Waals surface area contributed by atoms with Crippen molar-refractivity contribution in [1.82, 2.24) is 9.88 Å². The smallest absolute Gasteiger partial charge is 0.233 e. The van der Waals surface area contributed by atoms with E-state index in [0.29, 0.717) is 0 Å². The summed E-state index contributed by atoms with van der Waals surface area (Å²) in [6, 6.07) is 10.0. The summed E-state index contributed by atoms with van der Waals surface area (Å²) in [5, 5.41) is 2.03.